The fourth-order valence-electron chi connectivity index (χ4n) is 7.48. The lowest BCUT2D eigenvalue weighted by molar-refractivity contribution is -0.410. The standard InChI is InChI=1S/C44H46O11/c1-3-24-46-39-37(47-25-29-16-8-4-9-17-29)35-34(28-50-41(53-35)31-20-12-6-13-21-31)52-44(39)55-40-38(48-26-30-18-10-5-11-19-30)36-33(51-43(40)45-2)27-49-42(54-36)32-22-14-7-15-23-32/h1,4-23,33-44H,24-28H2,2H3/t33-,34-,35-,36-,37+,38+,39+,40+,41-,42-,43-,44+/m1/s1. The van der Waals surface area contributed by atoms with Crippen LogP contribution in [0.2, 0.25) is 0 Å². The quantitative estimate of drug-likeness (QED) is 0.153. The van der Waals surface area contributed by atoms with Gasteiger partial charge in [-0.1, -0.05) is 127 Å². The Kier molecular flexibility index (Phi) is 12.6. The highest BCUT2D eigenvalue weighted by Crippen LogP contribution is 2.41. The Morgan fingerprint density at radius 2 is 1.00 bits per heavy atom. The zero-order valence-electron chi connectivity index (χ0n) is 30.6. The van der Waals surface area contributed by atoms with Gasteiger partial charge in [-0.3, -0.25) is 0 Å². The smallest absolute Gasteiger partial charge is 0.187 e. The molecule has 4 aliphatic heterocycles. The monoisotopic (exact) mass is 750 g/mol. The van der Waals surface area contributed by atoms with Crippen LogP contribution in [-0.2, 0) is 65.3 Å². The van der Waals surface area contributed by atoms with Crippen LogP contribution < -0.4 is 0 Å². The van der Waals surface area contributed by atoms with Crippen LogP contribution in [-0.4, -0.2) is 88.3 Å². The molecular weight excluding hydrogens is 704 g/mol. The summed E-state index contributed by atoms with van der Waals surface area (Å²) in [7, 11) is 1.56. The second kappa shape index (κ2) is 18.3. The van der Waals surface area contributed by atoms with Gasteiger partial charge in [0, 0.05) is 18.2 Å². The minimum atomic E-state index is -1.04. The predicted molar refractivity (Wildman–Crippen MR) is 198 cm³/mol. The van der Waals surface area contributed by atoms with Gasteiger partial charge in [0.15, 0.2) is 25.2 Å². The first-order valence-corrected chi connectivity index (χ1v) is 18.7. The van der Waals surface area contributed by atoms with E-state index in [9.17, 15) is 0 Å². The number of ether oxygens (including phenoxy) is 11. The fourth-order valence-corrected chi connectivity index (χ4v) is 7.48. The molecule has 0 amide bonds. The molecule has 11 heteroatoms. The van der Waals surface area contributed by atoms with Crippen molar-refractivity contribution in [2.45, 2.75) is 87.2 Å². The van der Waals surface area contributed by atoms with Gasteiger partial charge in [-0.2, -0.15) is 0 Å². The third kappa shape index (κ3) is 8.86. The number of benzene rings is 4. The zero-order valence-corrected chi connectivity index (χ0v) is 30.6. The van der Waals surface area contributed by atoms with Crippen molar-refractivity contribution in [3.63, 3.8) is 0 Å². The van der Waals surface area contributed by atoms with Crippen molar-refractivity contribution >= 4 is 0 Å². The minimum absolute atomic E-state index is 0.0260. The number of hydrogen-bond donors (Lipinski definition) is 0. The lowest BCUT2D eigenvalue weighted by Gasteiger charge is -2.52. The second-order valence-corrected chi connectivity index (χ2v) is 13.8. The van der Waals surface area contributed by atoms with Gasteiger partial charge in [-0.15, -0.1) is 6.42 Å². The van der Waals surface area contributed by atoms with Crippen molar-refractivity contribution in [1.82, 2.24) is 0 Å². The lowest BCUT2D eigenvalue weighted by Crippen LogP contribution is -2.67. The molecule has 8 rings (SSSR count). The molecule has 0 unspecified atom stereocenters. The average molecular weight is 751 g/mol. The molecule has 4 aromatic carbocycles. The van der Waals surface area contributed by atoms with Gasteiger partial charge in [0.2, 0.25) is 0 Å². The number of methoxy groups -OCH3 is 1. The first-order chi connectivity index (χ1) is 27.2. The van der Waals surface area contributed by atoms with Crippen molar-refractivity contribution in [1.29, 1.82) is 0 Å². The van der Waals surface area contributed by atoms with E-state index in [2.05, 4.69) is 5.92 Å². The zero-order chi connectivity index (χ0) is 37.4. The van der Waals surface area contributed by atoms with E-state index in [0.29, 0.717) is 0 Å². The maximum atomic E-state index is 6.98. The van der Waals surface area contributed by atoms with Gasteiger partial charge < -0.3 is 52.1 Å². The van der Waals surface area contributed by atoms with E-state index in [-0.39, 0.29) is 33.0 Å². The van der Waals surface area contributed by atoms with E-state index in [4.69, 9.17) is 58.5 Å². The molecule has 0 bridgehead atoms. The van der Waals surface area contributed by atoms with E-state index in [0.717, 1.165) is 22.3 Å². The van der Waals surface area contributed by atoms with E-state index in [1.54, 1.807) is 7.11 Å². The molecule has 0 spiro atoms. The molecular formula is C44H46O11. The Balaban J connectivity index is 1.11. The second-order valence-electron chi connectivity index (χ2n) is 13.8. The van der Waals surface area contributed by atoms with Crippen LogP contribution in [0.4, 0.5) is 0 Å². The number of terminal acetylenes is 1. The molecule has 0 aliphatic carbocycles. The van der Waals surface area contributed by atoms with E-state index in [1.165, 1.54) is 0 Å². The highest BCUT2D eigenvalue weighted by atomic mass is 16.8. The van der Waals surface area contributed by atoms with Gasteiger partial charge in [0.1, 0.15) is 55.4 Å². The summed E-state index contributed by atoms with van der Waals surface area (Å²) < 4.78 is 71.7. The maximum Gasteiger partial charge on any atom is 0.187 e. The molecule has 12 atom stereocenters. The Labute approximate surface area is 321 Å². The van der Waals surface area contributed by atoms with Crippen LogP contribution in [0.3, 0.4) is 0 Å². The molecule has 288 valence electrons. The van der Waals surface area contributed by atoms with Crippen molar-refractivity contribution in [3.8, 4) is 12.3 Å². The molecule has 0 saturated carbocycles. The van der Waals surface area contributed by atoms with Crippen LogP contribution >= 0.6 is 0 Å². The SMILES string of the molecule is C#CCO[C@@H]1[C@H](O[C@@H]2[C@H](OC)O[C@@H]3CO[C@@H](c4ccccc4)O[C@H]3[C@@H]2OCc2ccccc2)O[C@@H]2CO[C@@H](c3ccccc3)O[C@H]2[C@@H]1OCc1ccccc1. The molecule has 4 aromatic rings. The Bertz CT molecular complexity index is 1790. The van der Waals surface area contributed by atoms with Crippen LogP contribution in [0.25, 0.3) is 0 Å². The largest absolute Gasteiger partial charge is 0.368 e. The van der Waals surface area contributed by atoms with Gasteiger partial charge in [-0.05, 0) is 11.1 Å². The van der Waals surface area contributed by atoms with Crippen LogP contribution in [0, 0.1) is 12.3 Å². The molecule has 0 radical (unpaired) electrons. The van der Waals surface area contributed by atoms with Crippen LogP contribution in [0.5, 0.6) is 0 Å². The normalized spacial score (nSPS) is 33.2. The minimum Gasteiger partial charge on any atom is -0.368 e. The highest BCUT2D eigenvalue weighted by molar-refractivity contribution is 5.19. The highest BCUT2D eigenvalue weighted by Gasteiger charge is 2.56. The third-order valence-electron chi connectivity index (χ3n) is 10.2. The third-order valence-corrected chi connectivity index (χ3v) is 10.2. The summed E-state index contributed by atoms with van der Waals surface area (Å²) >= 11 is 0. The van der Waals surface area contributed by atoms with Crippen molar-refractivity contribution in [3.05, 3.63) is 144 Å². The molecule has 4 fully saturated rings. The summed E-state index contributed by atoms with van der Waals surface area (Å²) in [5, 5.41) is 0. The predicted octanol–water partition coefficient (Wildman–Crippen LogP) is 5.89. The number of fused-ring (bicyclic) bond motifs is 2. The van der Waals surface area contributed by atoms with E-state index in [1.807, 2.05) is 121 Å². The molecule has 0 N–H and O–H groups in total. The topological polar surface area (TPSA) is 102 Å². The Hall–Kier alpha value is -4.00. The van der Waals surface area contributed by atoms with Gasteiger partial charge in [-0.25, -0.2) is 0 Å². The maximum absolute atomic E-state index is 6.98. The molecule has 55 heavy (non-hydrogen) atoms. The van der Waals surface area contributed by atoms with Crippen LogP contribution in [0.15, 0.2) is 121 Å². The van der Waals surface area contributed by atoms with Crippen LogP contribution in [0.1, 0.15) is 34.8 Å². The number of rotatable bonds is 13. The van der Waals surface area contributed by atoms with Crippen molar-refractivity contribution in [2.75, 3.05) is 26.9 Å². The lowest BCUT2D eigenvalue weighted by atomic mass is 9.95. The Morgan fingerprint density at radius 1 is 0.545 bits per heavy atom. The van der Waals surface area contributed by atoms with Gasteiger partial charge in [0.05, 0.1) is 26.4 Å². The molecule has 4 heterocycles. The Morgan fingerprint density at radius 3 is 1.47 bits per heavy atom. The fraction of sp³-hybridized carbons (Fsp3) is 0.409. The van der Waals surface area contributed by atoms with Gasteiger partial charge in [0.25, 0.3) is 0 Å². The molecule has 4 aliphatic rings. The summed E-state index contributed by atoms with van der Waals surface area (Å²) in [5.41, 5.74) is 3.72. The van der Waals surface area contributed by atoms with Gasteiger partial charge >= 0.3 is 0 Å². The summed E-state index contributed by atoms with van der Waals surface area (Å²) in [6.07, 6.45) is -2.79. The summed E-state index contributed by atoms with van der Waals surface area (Å²) in [6.45, 7) is 1.01. The average Bonchev–Trinajstić information content (AvgIpc) is 3.25. The first kappa shape index (κ1) is 37.9. The number of hydrogen-bond acceptors (Lipinski definition) is 11. The summed E-state index contributed by atoms with van der Waals surface area (Å²) in [6, 6.07) is 39.4. The van der Waals surface area contributed by atoms with E-state index < -0.39 is 74.0 Å². The first-order valence-electron chi connectivity index (χ1n) is 18.7. The van der Waals surface area contributed by atoms with E-state index >= 15 is 0 Å². The van der Waals surface area contributed by atoms with Crippen molar-refractivity contribution < 1.29 is 52.1 Å². The molecule has 0 aromatic heterocycles. The summed E-state index contributed by atoms with van der Waals surface area (Å²) in [5.74, 6) is 2.60. The van der Waals surface area contributed by atoms with Crippen molar-refractivity contribution in [2.24, 2.45) is 0 Å². The molecule has 4 saturated heterocycles. The summed E-state index contributed by atoms with van der Waals surface area (Å²) in [4.78, 5) is 0. The molecule has 11 nitrogen and oxygen atoms in total.